The van der Waals surface area contributed by atoms with Crippen LogP contribution in [0.2, 0.25) is 0 Å². The summed E-state index contributed by atoms with van der Waals surface area (Å²) in [5, 5.41) is 14.6. The number of carboxylic acids is 1. The van der Waals surface area contributed by atoms with Crippen molar-refractivity contribution in [3.05, 3.63) is 22.8 Å². The van der Waals surface area contributed by atoms with E-state index in [1.165, 1.54) is 17.4 Å². The van der Waals surface area contributed by atoms with Crippen LogP contribution in [0.4, 0.5) is 14.7 Å². The smallest absolute Gasteiger partial charge is 0.354 e. The number of carbonyl (C=O) groups is 1. The molecule has 128 valence electrons. The number of carboxylic acid groups (broad SMARTS) is 1. The van der Waals surface area contributed by atoms with Gasteiger partial charge in [0.25, 0.3) is 0 Å². The Kier molecular flexibility index (Phi) is 4.44. The summed E-state index contributed by atoms with van der Waals surface area (Å²) in [6, 6.07) is 1.17. The van der Waals surface area contributed by atoms with Crippen molar-refractivity contribution in [2.24, 2.45) is 0 Å². The number of aromatic carboxylic acids is 1. The molecule has 2 aromatic heterocycles. The van der Waals surface area contributed by atoms with Gasteiger partial charge in [-0.25, -0.2) is 28.5 Å². The van der Waals surface area contributed by atoms with Crippen LogP contribution in [0.15, 0.2) is 11.4 Å². The van der Waals surface area contributed by atoms with E-state index in [0.717, 1.165) is 5.69 Å². The molecule has 0 aliphatic heterocycles. The molecular formula is C15H16F2N4O2S. The van der Waals surface area contributed by atoms with Gasteiger partial charge in [-0.1, -0.05) is 0 Å². The molecule has 1 fully saturated rings. The molecule has 0 radical (unpaired) electrons. The summed E-state index contributed by atoms with van der Waals surface area (Å²) in [6.45, 7) is 1.83. The van der Waals surface area contributed by atoms with Crippen molar-refractivity contribution in [3.8, 4) is 10.7 Å². The summed E-state index contributed by atoms with van der Waals surface area (Å²) in [5.41, 5.74) is 1.06. The first kappa shape index (κ1) is 16.7. The standard InChI is InChI=1S/C15H16F2N4O2S/c1-8-7-24-12(18-8)10-6-11(13(22)23)21-14(20-10)19-9-2-4-15(16,17)5-3-9/h6-7,9H,2-5H2,1H3,(H,22,23)(H,19,20,21). The van der Waals surface area contributed by atoms with Crippen LogP contribution in [0.5, 0.6) is 0 Å². The van der Waals surface area contributed by atoms with Crippen LogP contribution in [0, 0.1) is 6.92 Å². The van der Waals surface area contributed by atoms with E-state index >= 15 is 0 Å². The van der Waals surface area contributed by atoms with Gasteiger partial charge in [-0.05, 0) is 19.8 Å². The van der Waals surface area contributed by atoms with Gasteiger partial charge < -0.3 is 10.4 Å². The van der Waals surface area contributed by atoms with Crippen LogP contribution in [-0.2, 0) is 0 Å². The molecule has 0 aromatic carbocycles. The molecule has 2 heterocycles. The summed E-state index contributed by atoms with van der Waals surface area (Å²) in [4.78, 5) is 23.8. The van der Waals surface area contributed by atoms with Crippen molar-refractivity contribution in [2.75, 3.05) is 5.32 Å². The lowest BCUT2D eigenvalue weighted by Crippen LogP contribution is -2.32. The van der Waals surface area contributed by atoms with Gasteiger partial charge in [-0.15, -0.1) is 11.3 Å². The van der Waals surface area contributed by atoms with Crippen molar-refractivity contribution in [2.45, 2.75) is 44.6 Å². The summed E-state index contributed by atoms with van der Waals surface area (Å²) in [5.74, 6) is -3.66. The molecule has 1 aliphatic carbocycles. The first-order valence-corrected chi connectivity index (χ1v) is 8.40. The van der Waals surface area contributed by atoms with Gasteiger partial charge in [0, 0.05) is 36.0 Å². The second-order valence-electron chi connectivity index (χ2n) is 5.84. The Balaban J connectivity index is 1.84. The molecule has 1 saturated carbocycles. The predicted molar refractivity (Wildman–Crippen MR) is 85.7 cm³/mol. The van der Waals surface area contributed by atoms with Gasteiger partial charge in [0.1, 0.15) is 10.7 Å². The third-order valence-electron chi connectivity index (χ3n) is 3.83. The second-order valence-corrected chi connectivity index (χ2v) is 6.69. The molecule has 0 spiro atoms. The van der Waals surface area contributed by atoms with E-state index in [0.29, 0.717) is 23.5 Å². The first-order valence-electron chi connectivity index (χ1n) is 7.52. The maximum Gasteiger partial charge on any atom is 0.354 e. The molecule has 0 amide bonds. The molecule has 0 bridgehead atoms. The van der Waals surface area contributed by atoms with Crippen LogP contribution in [-0.4, -0.2) is 38.0 Å². The van der Waals surface area contributed by atoms with Gasteiger partial charge in [-0.3, -0.25) is 0 Å². The van der Waals surface area contributed by atoms with Gasteiger partial charge in [0.05, 0.1) is 0 Å². The number of rotatable bonds is 4. The van der Waals surface area contributed by atoms with Crippen LogP contribution >= 0.6 is 11.3 Å². The Bertz CT molecular complexity index is 756. The maximum absolute atomic E-state index is 13.2. The highest BCUT2D eigenvalue weighted by Gasteiger charge is 2.35. The van der Waals surface area contributed by atoms with Crippen LogP contribution < -0.4 is 5.32 Å². The van der Waals surface area contributed by atoms with E-state index in [2.05, 4.69) is 20.3 Å². The highest BCUT2D eigenvalue weighted by molar-refractivity contribution is 7.13. The maximum atomic E-state index is 13.2. The molecule has 24 heavy (non-hydrogen) atoms. The lowest BCUT2D eigenvalue weighted by atomic mass is 9.92. The average Bonchev–Trinajstić information content (AvgIpc) is 2.96. The average molecular weight is 354 g/mol. The number of nitrogens with zero attached hydrogens (tertiary/aromatic N) is 3. The van der Waals surface area contributed by atoms with Gasteiger partial charge >= 0.3 is 5.97 Å². The van der Waals surface area contributed by atoms with Crippen LogP contribution in [0.1, 0.15) is 41.9 Å². The van der Waals surface area contributed by atoms with Gasteiger partial charge in [-0.2, -0.15) is 0 Å². The monoisotopic (exact) mass is 354 g/mol. The van der Waals surface area contributed by atoms with E-state index in [4.69, 9.17) is 0 Å². The first-order chi connectivity index (χ1) is 11.3. The number of halogens is 2. The predicted octanol–water partition coefficient (Wildman–Crippen LogP) is 3.60. The minimum Gasteiger partial charge on any atom is -0.477 e. The summed E-state index contributed by atoms with van der Waals surface area (Å²) >= 11 is 1.36. The minimum absolute atomic E-state index is 0.132. The molecule has 2 aromatic rings. The minimum atomic E-state index is -2.62. The third kappa shape index (κ3) is 3.84. The molecule has 9 heteroatoms. The number of aromatic nitrogens is 3. The van der Waals surface area contributed by atoms with Crippen molar-refractivity contribution >= 4 is 23.3 Å². The lowest BCUT2D eigenvalue weighted by Gasteiger charge is -2.28. The van der Waals surface area contributed by atoms with E-state index in [-0.39, 0.29) is 30.5 Å². The van der Waals surface area contributed by atoms with E-state index < -0.39 is 11.9 Å². The van der Waals surface area contributed by atoms with E-state index in [1.54, 1.807) is 0 Å². The van der Waals surface area contributed by atoms with Crippen molar-refractivity contribution in [1.82, 2.24) is 15.0 Å². The molecular weight excluding hydrogens is 338 g/mol. The summed E-state index contributed by atoms with van der Waals surface area (Å²) in [7, 11) is 0. The second kappa shape index (κ2) is 6.39. The van der Waals surface area contributed by atoms with E-state index in [1.807, 2.05) is 12.3 Å². The largest absolute Gasteiger partial charge is 0.477 e. The number of alkyl halides is 2. The normalized spacial score (nSPS) is 17.6. The molecule has 0 saturated heterocycles. The topological polar surface area (TPSA) is 88.0 Å². The van der Waals surface area contributed by atoms with Gasteiger partial charge in [0.2, 0.25) is 11.9 Å². The van der Waals surface area contributed by atoms with Crippen LogP contribution in [0.25, 0.3) is 10.7 Å². The van der Waals surface area contributed by atoms with Crippen LogP contribution in [0.3, 0.4) is 0 Å². The zero-order valence-electron chi connectivity index (χ0n) is 12.9. The Morgan fingerprint density at radius 3 is 2.62 bits per heavy atom. The Morgan fingerprint density at radius 2 is 2.04 bits per heavy atom. The third-order valence-corrected chi connectivity index (χ3v) is 4.82. The fourth-order valence-electron chi connectivity index (χ4n) is 2.57. The number of anilines is 1. The molecule has 6 nitrogen and oxygen atoms in total. The number of hydrogen-bond acceptors (Lipinski definition) is 6. The summed E-state index contributed by atoms with van der Waals surface area (Å²) in [6.07, 6.45) is 0.197. The molecule has 3 rings (SSSR count). The number of thiazole rings is 1. The molecule has 0 atom stereocenters. The summed E-state index contributed by atoms with van der Waals surface area (Å²) < 4.78 is 26.5. The number of nitrogens with one attached hydrogen (secondary N) is 1. The van der Waals surface area contributed by atoms with Crippen molar-refractivity contribution < 1.29 is 18.7 Å². The highest BCUT2D eigenvalue weighted by atomic mass is 32.1. The quantitative estimate of drug-likeness (QED) is 0.872. The van der Waals surface area contributed by atoms with E-state index in [9.17, 15) is 18.7 Å². The fraction of sp³-hybridized carbons (Fsp3) is 0.467. The van der Waals surface area contributed by atoms with Crippen molar-refractivity contribution in [3.63, 3.8) is 0 Å². The Hall–Kier alpha value is -2.16. The number of aryl methyl sites for hydroxylation is 1. The van der Waals surface area contributed by atoms with Crippen molar-refractivity contribution in [1.29, 1.82) is 0 Å². The zero-order chi connectivity index (χ0) is 17.3. The zero-order valence-corrected chi connectivity index (χ0v) is 13.7. The Labute approximate surface area is 141 Å². The molecule has 0 unspecified atom stereocenters. The molecule has 1 aliphatic rings. The molecule has 2 N–H and O–H groups in total. The van der Waals surface area contributed by atoms with Gasteiger partial charge in [0.15, 0.2) is 5.69 Å². The fourth-order valence-corrected chi connectivity index (χ4v) is 3.33. The Morgan fingerprint density at radius 1 is 1.33 bits per heavy atom. The number of hydrogen-bond donors (Lipinski definition) is 2. The lowest BCUT2D eigenvalue weighted by molar-refractivity contribution is -0.0361. The SMILES string of the molecule is Cc1csc(-c2cc(C(=O)O)nc(NC3CCC(F)(F)CC3)n2)n1. The highest BCUT2D eigenvalue weighted by Crippen LogP contribution is 2.34.